The third kappa shape index (κ3) is 4.49. The molecule has 3 rings (SSSR count). The van der Waals surface area contributed by atoms with Gasteiger partial charge in [0, 0.05) is 0 Å². The second-order valence-electron chi connectivity index (χ2n) is 5.19. The summed E-state index contributed by atoms with van der Waals surface area (Å²) >= 11 is 6.34. The van der Waals surface area contributed by atoms with Crippen LogP contribution in [-0.2, 0) is 4.79 Å². The highest BCUT2D eigenvalue weighted by atomic mass is 32.1. The number of rotatable bonds is 4. The normalized spacial score (nSPS) is 10.5. The molecule has 1 amide bonds. The zero-order valence-corrected chi connectivity index (χ0v) is 14.8. The first-order valence-corrected chi connectivity index (χ1v) is 8.59. The molecule has 0 radical (unpaired) electrons. The number of para-hydroxylation sites is 1. The summed E-state index contributed by atoms with van der Waals surface area (Å²) < 4.78 is 19.3. The van der Waals surface area contributed by atoms with Crippen molar-refractivity contribution in [3.8, 4) is 5.75 Å². The largest absolute Gasteiger partial charge is 0.483 e. The number of aromatic nitrogens is 1. The van der Waals surface area contributed by atoms with E-state index < -0.39 is 0 Å². The lowest BCUT2D eigenvalue weighted by molar-refractivity contribution is -0.121. The Bertz CT molecular complexity index is 943. The molecule has 0 unspecified atom stereocenters. The van der Waals surface area contributed by atoms with E-state index >= 15 is 0 Å². The molecule has 0 saturated heterocycles. The Balaban J connectivity index is 1.54. The molecule has 1 heterocycles. The molecule has 0 saturated carbocycles. The van der Waals surface area contributed by atoms with Gasteiger partial charge in [0.25, 0.3) is 5.91 Å². The van der Waals surface area contributed by atoms with E-state index in [1.807, 2.05) is 25.1 Å². The summed E-state index contributed by atoms with van der Waals surface area (Å²) in [7, 11) is 0. The molecular weight excluding hydrogens is 361 g/mol. The SMILES string of the molecule is Cc1ccccc1OCC(=O)NC(=S)Nc1nc2ccc(F)cc2s1. The summed E-state index contributed by atoms with van der Waals surface area (Å²) in [5.74, 6) is -0.0652. The van der Waals surface area contributed by atoms with Crippen LogP contribution in [0.2, 0.25) is 0 Å². The lowest BCUT2D eigenvalue weighted by Gasteiger charge is -2.10. The van der Waals surface area contributed by atoms with Gasteiger partial charge in [-0.1, -0.05) is 29.5 Å². The highest BCUT2D eigenvalue weighted by molar-refractivity contribution is 7.80. The molecule has 5 nitrogen and oxygen atoms in total. The second-order valence-corrected chi connectivity index (χ2v) is 6.63. The summed E-state index contributed by atoms with van der Waals surface area (Å²) in [5, 5.41) is 5.93. The predicted octanol–water partition coefficient (Wildman–Crippen LogP) is 3.64. The number of hydrogen-bond acceptors (Lipinski definition) is 5. The van der Waals surface area contributed by atoms with Crippen LogP contribution in [-0.4, -0.2) is 22.6 Å². The minimum atomic E-state index is -0.382. The van der Waals surface area contributed by atoms with E-state index in [1.165, 1.54) is 23.5 Å². The number of benzene rings is 2. The van der Waals surface area contributed by atoms with E-state index in [0.717, 1.165) is 5.56 Å². The van der Waals surface area contributed by atoms with Crippen molar-refractivity contribution in [3.05, 3.63) is 53.8 Å². The van der Waals surface area contributed by atoms with E-state index in [4.69, 9.17) is 17.0 Å². The summed E-state index contributed by atoms with van der Waals surface area (Å²) in [6.07, 6.45) is 0. The number of aryl methyl sites for hydroxylation is 1. The van der Waals surface area contributed by atoms with Crippen molar-refractivity contribution in [2.45, 2.75) is 6.92 Å². The Labute approximate surface area is 152 Å². The smallest absolute Gasteiger partial charge is 0.264 e. The van der Waals surface area contributed by atoms with Crippen molar-refractivity contribution in [1.29, 1.82) is 0 Å². The molecule has 2 N–H and O–H groups in total. The summed E-state index contributed by atoms with van der Waals surface area (Å²) in [6, 6.07) is 11.7. The standard InChI is InChI=1S/C17H14FN3O2S2/c1-10-4-2-3-5-13(10)23-9-15(22)20-16(24)21-17-19-12-7-6-11(18)8-14(12)25-17/h2-8H,9H2,1H3,(H2,19,20,21,22,24). The minimum absolute atomic E-state index is 0.109. The average Bonchev–Trinajstić information content (AvgIpc) is 2.95. The molecule has 3 aromatic rings. The van der Waals surface area contributed by atoms with E-state index in [-0.39, 0.29) is 23.4 Å². The third-order valence-corrected chi connectivity index (χ3v) is 4.41. The van der Waals surface area contributed by atoms with Crippen LogP contribution in [0.25, 0.3) is 10.2 Å². The minimum Gasteiger partial charge on any atom is -0.483 e. The van der Waals surface area contributed by atoms with Crippen LogP contribution in [0.1, 0.15) is 5.56 Å². The lowest BCUT2D eigenvalue weighted by Crippen LogP contribution is -2.37. The van der Waals surface area contributed by atoms with Crippen molar-refractivity contribution in [1.82, 2.24) is 10.3 Å². The summed E-state index contributed by atoms with van der Waals surface area (Å²) in [5.41, 5.74) is 1.60. The number of fused-ring (bicyclic) bond motifs is 1. The number of carbonyl (C=O) groups excluding carboxylic acids is 1. The van der Waals surface area contributed by atoms with Gasteiger partial charge in [0.05, 0.1) is 10.2 Å². The molecule has 0 atom stereocenters. The van der Waals surface area contributed by atoms with Gasteiger partial charge in [-0.05, 0) is 49.0 Å². The summed E-state index contributed by atoms with van der Waals surface area (Å²) in [6.45, 7) is 1.74. The number of anilines is 1. The molecule has 25 heavy (non-hydrogen) atoms. The number of thiocarbonyl (C=S) groups is 1. The van der Waals surface area contributed by atoms with Crippen LogP contribution < -0.4 is 15.4 Å². The fourth-order valence-electron chi connectivity index (χ4n) is 2.10. The van der Waals surface area contributed by atoms with Gasteiger partial charge in [-0.2, -0.15) is 0 Å². The number of halogens is 1. The van der Waals surface area contributed by atoms with Gasteiger partial charge in [0.15, 0.2) is 16.9 Å². The zero-order chi connectivity index (χ0) is 17.8. The number of nitrogens with zero attached hydrogens (tertiary/aromatic N) is 1. The maximum atomic E-state index is 13.2. The van der Waals surface area contributed by atoms with Gasteiger partial charge in [-0.3, -0.25) is 10.1 Å². The van der Waals surface area contributed by atoms with Crippen molar-refractivity contribution in [3.63, 3.8) is 0 Å². The van der Waals surface area contributed by atoms with Crippen molar-refractivity contribution in [2.75, 3.05) is 11.9 Å². The van der Waals surface area contributed by atoms with Gasteiger partial charge in [-0.15, -0.1) is 0 Å². The number of ether oxygens (including phenoxy) is 1. The Hall–Kier alpha value is -2.58. The summed E-state index contributed by atoms with van der Waals surface area (Å²) in [4.78, 5) is 16.2. The molecule has 1 aromatic heterocycles. The highest BCUT2D eigenvalue weighted by Gasteiger charge is 2.10. The first-order valence-electron chi connectivity index (χ1n) is 7.36. The fourth-order valence-corrected chi connectivity index (χ4v) is 3.27. The van der Waals surface area contributed by atoms with Crippen LogP contribution in [0.5, 0.6) is 5.75 Å². The molecule has 0 aliphatic heterocycles. The van der Waals surface area contributed by atoms with E-state index in [9.17, 15) is 9.18 Å². The molecule has 0 bridgehead atoms. The van der Waals surface area contributed by atoms with E-state index in [1.54, 1.807) is 12.1 Å². The number of nitrogens with one attached hydrogen (secondary N) is 2. The van der Waals surface area contributed by atoms with Crippen LogP contribution in [0.4, 0.5) is 9.52 Å². The topological polar surface area (TPSA) is 63.2 Å². The molecule has 8 heteroatoms. The molecule has 128 valence electrons. The van der Waals surface area contributed by atoms with Crippen molar-refractivity contribution in [2.24, 2.45) is 0 Å². The lowest BCUT2D eigenvalue weighted by atomic mass is 10.2. The second kappa shape index (κ2) is 7.54. The zero-order valence-electron chi connectivity index (χ0n) is 13.2. The van der Waals surface area contributed by atoms with Crippen LogP contribution in [0, 0.1) is 12.7 Å². The van der Waals surface area contributed by atoms with E-state index in [0.29, 0.717) is 21.1 Å². The average molecular weight is 375 g/mol. The Morgan fingerprint density at radius 1 is 1.32 bits per heavy atom. The van der Waals surface area contributed by atoms with Gasteiger partial charge < -0.3 is 10.1 Å². The number of amides is 1. The number of hydrogen-bond donors (Lipinski definition) is 2. The van der Waals surface area contributed by atoms with Crippen molar-refractivity contribution >= 4 is 49.9 Å². The Morgan fingerprint density at radius 2 is 2.12 bits per heavy atom. The number of carbonyl (C=O) groups is 1. The van der Waals surface area contributed by atoms with Gasteiger partial charge in [0.1, 0.15) is 11.6 Å². The van der Waals surface area contributed by atoms with Crippen LogP contribution >= 0.6 is 23.6 Å². The quantitative estimate of drug-likeness (QED) is 0.682. The molecule has 0 aliphatic rings. The maximum absolute atomic E-state index is 13.2. The first-order chi connectivity index (χ1) is 12.0. The monoisotopic (exact) mass is 375 g/mol. The van der Waals surface area contributed by atoms with E-state index in [2.05, 4.69) is 15.6 Å². The van der Waals surface area contributed by atoms with Crippen LogP contribution in [0.15, 0.2) is 42.5 Å². The number of thiazole rings is 1. The molecule has 0 spiro atoms. The Kier molecular flexibility index (Phi) is 5.20. The molecule has 0 aliphatic carbocycles. The van der Waals surface area contributed by atoms with Crippen LogP contribution in [0.3, 0.4) is 0 Å². The van der Waals surface area contributed by atoms with Gasteiger partial charge >= 0.3 is 0 Å². The molecular formula is C17H14FN3O2S2. The highest BCUT2D eigenvalue weighted by Crippen LogP contribution is 2.26. The predicted molar refractivity (Wildman–Crippen MR) is 101 cm³/mol. The van der Waals surface area contributed by atoms with Crippen molar-refractivity contribution < 1.29 is 13.9 Å². The third-order valence-electron chi connectivity index (χ3n) is 3.28. The van der Waals surface area contributed by atoms with Gasteiger partial charge in [-0.25, -0.2) is 9.37 Å². The van der Waals surface area contributed by atoms with Gasteiger partial charge in [0.2, 0.25) is 0 Å². The molecule has 2 aromatic carbocycles. The maximum Gasteiger partial charge on any atom is 0.264 e. The Morgan fingerprint density at radius 3 is 2.92 bits per heavy atom. The fraction of sp³-hybridized carbons (Fsp3) is 0.118. The first kappa shape index (κ1) is 17.2. The molecule has 0 fully saturated rings.